The highest BCUT2D eigenvalue weighted by molar-refractivity contribution is 4.86. The van der Waals surface area contributed by atoms with Crippen LogP contribution in [0.4, 0.5) is 0 Å². The third kappa shape index (κ3) is 4.44. The number of hydrogen-bond donors (Lipinski definition) is 1. The summed E-state index contributed by atoms with van der Waals surface area (Å²) in [4.78, 5) is 2.42. The van der Waals surface area contributed by atoms with Crippen LogP contribution < -0.4 is 5.32 Å². The monoisotopic (exact) mass is 182 g/mol. The van der Waals surface area contributed by atoms with Gasteiger partial charge in [-0.1, -0.05) is 12.2 Å². The third-order valence-electron chi connectivity index (χ3n) is 2.80. The van der Waals surface area contributed by atoms with Gasteiger partial charge in [-0.15, -0.1) is 0 Å². The van der Waals surface area contributed by atoms with E-state index >= 15 is 0 Å². The fourth-order valence-corrected chi connectivity index (χ4v) is 1.79. The van der Waals surface area contributed by atoms with Gasteiger partial charge in [0.2, 0.25) is 0 Å². The highest BCUT2D eigenvalue weighted by atomic mass is 15.1. The van der Waals surface area contributed by atoms with Crippen molar-refractivity contribution < 1.29 is 0 Å². The molecule has 0 saturated carbocycles. The zero-order valence-corrected chi connectivity index (χ0v) is 8.92. The smallest absolute Gasteiger partial charge is 0.0131 e. The Morgan fingerprint density at radius 2 is 2.00 bits per heavy atom. The predicted molar refractivity (Wildman–Crippen MR) is 57.9 cm³/mol. The number of nitrogens with one attached hydrogen (secondary N) is 1. The number of piperidine rings is 1. The van der Waals surface area contributed by atoms with E-state index in [2.05, 4.69) is 29.4 Å². The van der Waals surface area contributed by atoms with Crippen LogP contribution in [0.2, 0.25) is 0 Å². The molecular formula is C11H22N2. The lowest BCUT2D eigenvalue weighted by molar-refractivity contribution is 0.220. The number of likely N-dealkylation sites (N-methyl/N-ethyl adjacent to an activating group) is 1. The van der Waals surface area contributed by atoms with Crippen LogP contribution in [0, 0.1) is 5.92 Å². The van der Waals surface area contributed by atoms with E-state index in [1.807, 2.05) is 7.05 Å². The average Bonchev–Trinajstić information content (AvgIpc) is 2.15. The van der Waals surface area contributed by atoms with Crippen molar-refractivity contribution in [2.24, 2.45) is 5.92 Å². The second kappa shape index (κ2) is 6.17. The summed E-state index contributed by atoms with van der Waals surface area (Å²) >= 11 is 0. The maximum absolute atomic E-state index is 3.12. The maximum Gasteiger partial charge on any atom is 0.0131 e. The molecule has 0 radical (unpaired) electrons. The van der Waals surface area contributed by atoms with Gasteiger partial charge in [0.1, 0.15) is 0 Å². The van der Waals surface area contributed by atoms with Gasteiger partial charge in [-0.05, 0) is 52.4 Å². The van der Waals surface area contributed by atoms with Gasteiger partial charge in [0.25, 0.3) is 0 Å². The zero-order chi connectivity index (χ0) is 9.52. The standard InChI is InChI=1S/C11H22N2/c1-12-8-4-3-5-11-6-9-13(2)10-7-11/h3-4,11-12H,5-10H2,1-2H3/b4-3-. The van der Waals surface area contributed by atoms with Gasteiger partial charge in [-0.2, -0.15) is 0 Å². The first-order chi connectivity index (χ1) is 6.33. The summed E-state index contributed by atoms with van der Waals surface area (Å²) in [5.74, 6) is 0.935. The van der Waals surface area contributed by atoms with Gasteiger partial charge in [0.15, 0.2) is 0 Å². The van der Waals surface area contributed by atoms with Crippen molar-refractivity contribution in [1.29, 1.82) is 0 Å². The first-order valence-corrected chi connectivity index (χ1v) is 5.31. The quantitative estimate of drug-likeness (QED) is 0.663. The van der Waals surface area contributed by atoms with Gasteiger partial charge in [-0.3, -0.25) is 0 Å². The van der Waals surface area contributed by atoms with Crippen LogP contribution in [0.5, 0.6) is 0 Å². The van der Waals surface area contributed by atoms with Crippen molar-refractivity contribution in [3.63, 3.8) is 0 Å². The Kier molecular flexibility index (Phi) is 5.09. The van der Waals surface area contributed by atoms with Crippen LogP contribution in [0.15, 0.2) is 12.2 Å². The Bertz CT molecular complexity index is 146. The molecule has 0 atom stereocenters. The minimum absolute atomic E-state index is 0.935. The van der Waals surface area contributed by atoms with E-state index in [0.717, 1.165) is 12.5 Å². The van der Waals surface area contributed by atoms with Crippen LogP contribution in [-0.4, -0.2) is 38.6 Å². The highest BCUT2D eigenvalue weighted by Crippen LogP contribution is 2.19. The Morgan fingerprint density at radius 3 is 2.62 bits per heavy atom. The SMILES string of the molecule is CNC/C=C\CC1CCN(C)CC1. The number of allylic oxidation sites excluding steroid dienone is 1. The average molecular weight is 182 g/mol. The molecule has 2 nitrogen and oxygen atoms in total. The van der Waals surface area contributed by atoms with Gasteiger partial charge in [0.05, 0.1) is 0 Å². The van der Waals surface area contributed by atoms with Crippen LogP contribution in [0.1, 0.15) is 19.3 Å². The second-order valence-electron chi connectivity index (χ2n) is 4.01. The topological polar surface area (TPSA) is 15.3 Å². The Morgan fingerprint density at radius 1 is 1.31 bits per heavy atom. The highest BCUT2D eigenvalue weighted by Gasteiger charge is 2.14. The van der Waals surface area contributed by atoms with Crippen molar-refractivity contribution in [3.05, 3.63) is 12.2 Å². The molecule has 1 aliphatic heterocycles. The van der Waals surface area contributed by atoms with E-state index in [-0.39, 0.29) is 0 Å². The number of nitrogens with zero attached hydrogens (tertiary/aromatic N) is 1. The third-order valence-corrected chi connectivity index (χ3v) is 2.80. The summed E-state index contributed by atoms with van der Waals surface area (Å²) in [6.45, 7) is 3.57. The molecule has 2 heteroatoms. The maximum atomic E-state index is 3.12. The number of rotatable bonds is 4. The molecule has 1 rings (SSSR count). The summed E-state index contributed by atoms with van der Waals surface area (Å²) in [5.41, 5.74) is 0. The molecule has 0 aromatic rings. The molecule has 1 fully saturated rings. The summed E-state index contributed by atoms with van der Waals surface area (Å²) in [6.07, 6.45) is 8.58. The van der Waals surface area contributed by atoms with E-state index in [1.165, 1.54) is 32.4 Å². The second-order valence-corrected chi connectivity index (χ2v) is 4.01. The van der Waals surface area contributed by atoms with Crippen molar-refractivity contribution in [3.8, 4) is 0 Å². The van der Waals surface area contributed by atoms with E-state index in [9.17, 15) is 0 Å². The minimum Gasteiger partial charge on any atom is -0.316 e. The van der Waals surface area contributed by atoms with Crippen LogP contribution >= 0.6 is 0 Å². The normalized spacial score (nSPS) is 21.4. The van der Waals surface area contributed by atoms with Gasteiger partial charge < -0.3 is 10.2 Å². The largest absolute Gasteiger partial charge is 0.316 e. The molecule has 0 amide bonds. The molecule has 0 spiro atoms. The molecule has 76 valence electrons. The Labute approximate surface area is 82.0 Å². The first kappa shape index (κ1) is 10.7. The molecule has 0 bridgehead atoms. The number of hydrogen-bond acceptors (Lipinski definition) is 2. The lowest BCUT2D eigenvalue weighted by Crippen LogP contribution is -2.29. The first-order valence-electron chi connectivity index (χ1n) is 5.31. The number of likely N-dealkylation sites (tertiary alicyclic amines) is 1. The van der Waals surface area contributed by atoms with Crippen molar-refractivity contribution >= 4 is 0 Å². The van der Waals surface area contributed by atoms with Crippen molar-refractivity contribution in [2.75, 3.05) is 33.7 Å². The van der Waals surface area contributed by atoms with Gasteiger partial charge in [0, 0.05) is 6.54 Å². The molecular weight excluding hydrogens is 160 g/mol. The van der Waals surface area contributed by atoms with Crippen LogP contribution in [-0.2, 0) is 0 Å². The van der Waals surface area contributed by atoms with Gasteiger partial charge >= 0.3 is 0 Å². The zero-order valence-electron chi connectivity index (χ0n) is 8.92. The molecule has 0 unspecified atom stereocenters. The predicted octanol–water partition coefficient (Wildman–Crippen LogP) is 1.49. The summed E-state index contributed by atoms with van der Waals surface area (Å²) in [5, 5.41) is 3.12. The lowest BCUT2D eigenvalue weighted by atomic mass is 9.94. The molecule has 1 saturated heterocycles. The van der Waals surface area contributed by atoms with Crippen molar-refractivity contribution in [2.45, 2.75) is 19.3 Å². The summed E-state index contributed by atoms with van der Waals surface area (Å²) < 4.78 is 0. The Balaban J connectivity index is 2.08. The van der Waals surface area contributed by atoms with E-state index < -0.39 is 0 Å². The van der Waals surface area contributed by atoms with Crippen molar-refractivity contribution in [1.82, 2.24) is 10.2 Å². The molecule has 1 aliphatic rings. The van der Waals surface area contributed by atoms with Gasteiger partial charge in [-0.25, -0.2) is 0 Å². The fourth-order valence-electron chi connectivity index (χ4n) is 1.79. The fraction of sp³-hybridized carbons (Fsp3) is 0.818. The molecule has 1 N–H and O–H groups in total. The minimum atomic E-state index is 0.935. The summed E-state index contributed by atoms with van der Waals surface area (Å²) in [7, 11) is 4.20. The van der Waals surface area contributed by atoms with Crippen LogP contribution in [0.25, 0.3) is 0 Å². The van der Waals surface area contributed by atoms with E-state index in [0.29, 0.717) is 0 Å². The Hall–Kier alpha value is -0.340. The van der Waals surface area contributed by atoms with E-state index in [4.69, 9.17) is 0 Å². The lowest BCUT2D eigenvalue weighted by Gasteiger charge is -2.28. The van der Waals surface area contributed by atoms with E-state index in [1.54, 1.807) is 0 Å². The molecule has 1 heterocycles. The molecule has 0 aromatic heterocycles. The molecule has 13 heavy (non-hydrogen) atoms. The molecule has 0 aromatic carbocycles. The summed E-state index contributed by atoms with van der Waals surface area (Å²) in [6, 6.07) is 0. The van der Waals surface area contributed by atoms with Crippen LogP contribution in [0.3, 0.4) is 0 Å². The molecule has 0 aliphatic carbocycles.